The topological polar surface area (TPSA) is 76.8 Å². The summed E-state index contributed by atoms with van der Waals surface area (Å²) < 4.78 is 0. The Kier molecular flexibility index (Phi) is 3.44. The molecular formula is C11H16N4. The van der Waals surface area contributed by atoms with E-state index in [-0.39, 0.29) is 5.96 Å². The van der Waals surface area contributed by atoms with E-state index in [1.54, 1.807) is 0 Å². The molecule has 0 bridgehead atoms. The summed E-state index contributed by atoms with van der Waals surface area (Å²) in [6.07, 6.45) is 0. The number of nitrogens with zero attached hydrogens (tertiary/aromatic N) is 2. The third-order valence-corrected chi connectivity index (χ3v) is 2.09. The highest BCUT2D eigenvalue weighted by Gasteiger charge is 2.01. The van der Waals surface area contributed by atoms with Gasteiger partial charge in [-0.15, -0.1) is 5.10 Å². The van der Waals surface area contributed by atoms with Crippen LogP contribution in [0.3, 0.4) is 0 Å². The lowest BCUT2D eigenvalue weighted by atomic mass is 10.0. The second-order valence-electron chi connectivity index (χ2n) is 3.53. The number of nitrogens with two attached hydrogens (primary N) is 2. The molecule has 4 nitrogen and oxygen atoms in total. The highest BCUT2D eigenvalue weighted by Crippen LogP contribution is 2.11. The molecule has 0 aliphatic carbocycles. The van der Waals surface area contributed by atoms with Gasteiger partial charge in [-0.25, -0.2) is 0 Å². The molecular weight excluding hydrogens is 188 g/mol. The van der Waals surface area contributed by atoms with E-state index in [4.69, 9.17) is 11.5 Å². The average Bonchev–Trinajstić information content (AvgIpc) is 2.14. The van der Waals surface area contributed by atoms with Crippen LogP contribution in [0.1, 0.15) is 23.6 Å². The fourth-order valence-electron chi connectivity index (χ4n) is 1.41. The summed E-state index contributed by atoms with van der Waals surface area (Å²) in [7, 11) is 0. The molecule has 0 aliphatic rings. The van der Waals surface area contributed by atoms with Crippen LogP contribution in [0, 0.1) is 13.8 Å². The Bertz CT molecular complexity index is 415. The Morgan fingerprint density at radius 1 is 1.13 bits per heavy atom. The maximum atomic E-state index is 5.20. The van der Waals surface area contributed by atoms with E-state index in [2.05, 4.69) is 23.2 Å². The summed E-state index contributed by atoms with van der Waals surface area (Å²) in [6, 6.07) is 6.16. The van der Waals surface area contributed by atoms with Gasteiger partial charge in [-0.2, -0.15) is 5.10 Å². The van der Waals surface area contributed by atoms with E-state index in [0.717, 1.165) is 11.3 Å². The number of guanidine groups is 1. The minimum absolute atomic E-state index is 0.0286. The maximum absolute atomic E-state index is 5.20. The van der Waals surface area contributed by atoms with E-state index in [9.17, 15) is 0 Å². The molecule has 1 rings (SSSR count). The zero-order valence-electron chi connectivity index (χ0n) is 9.28. The van der Waals surface area contributed by atoms with Crippen LogP contribution in [0.2, 0.25) is 0 Å². The van der Waals surface area contributed by atoms with E-state index >= 15 is 0 Å². The van der Waals surface area contributed by atoms with Crippen LogP contribution >= 0.6 is 0 Å². The third-order valence-electron chi connectivity index (χ3n) is 2.09. The van der Waals surface area contributed by atoms with Crippen LogP contribution in [0.4, 0.5) is 0 Å². The fraction of sp³-hybridized carbons (Fsp3) is 0.273. The Morgan fingerprint density at radius 2 is 1.80 bits per heavy atom. The molecule has 0 fully saturated rings. The zero-order chi connectivity index (χ0) is 11.4. The first-order valence-electron chi connectivity index (χ1n) is 4.71. The molecule has 1 aromatic rings. The monoisotopic (exact) mass is 204 g/mol. The number of hydrogen-bond donors (Lipinski definition) is 2. The van der Waals surface area contributed by atoms with Crippen LogP contribution in [-0.4, -0.2) is 11.7 Å². The molecule has 0 heterocycles. The van der Waals surface area contributed by atoms with Gasteiger partial charge < -0.3 is 11.5 Å². The van der Waals surface area contributed by atoms with Crippen LogP contribution in [-0.2, 0) is 0 Å². The van der Waals surface area contributed by atoms with Crippen LogP contribution in [0.15, 0.2) is 28.4 Å². The van der Waals surface area contributed by atoms with E-state index < -0.39 is 0 Å². The van der Waals surface area contributed by atoms with Crippen molar-refractivity contribution in [2.45, 2.75) is 20.8 Å². The summed E-state index contributed by atoms with van der Waals surface area (Å²) in [4.78, 5) is 0. The predicted molar refractivity (Wildman–Crippen MR) is 63.9 cm³/mol. The largest absolute Gasteiger partial charge is 0.369 e. The Labute approximate surface area is 89.7 Å². The molecule has 0 radical (unpaired) electrons. The molecule has 0 saturated carbocycles. The second-order valence-corrected chi connectivity index (χ2v) is 3.53. The molecule has 4 heteroatoms. The second kappa shape index (κ2) is 4.59. The van der Waals surface area contributed by atoms with Crippen LogP contribution in [0.5, 0.6) is 0 Å². The van der Waals surface area contributed by atoms with Crippen molar-refractivity contribution in [3.63, 3.8) is 0 Å². The summed E-state index contributed by atoms with van der Waals surface area (Å²) in [6.45, 7) is 5.97. The number of rotatable bonds is 2. The summed E-state index contributed by atoms with van der Waals surface area (Å²) in [5, 5.41) is 7.56. The SMILES string of the molecule is CC(=NN=C(N)N)c1ccc(C)cc1C. The van der Waals surface area contributed by atoms with Gasteiger partial charge in [0.15, 0.2) is 0 Å². The third kappa shape index (κ3) is 3.09. The lowest BCUT2D eigenvalue weighted by Gasteiger charge is -2.04. The lowest BCUT2D eigenvalue weighted by molar-refractivity contribution is 1.19. The maximum Gasteiger partial charge on any atom is 0.211 e. The van der Waals surface area contributed by atoms with Gasteiger partial charge in [0.05, 0.1) is 5.71 Å². The van der Waals surface area contributed by atoms with Crippen LogP contribution < -0.4 is 11.5 Å². The van der Waals surface area contributed by atoms with E-state index in [0.29, 0.717) is 0 Å². The molecule has 0 aliphatic heterocycles. The molecule has 1 aromatic carbocycles. The molecule has 0 unspecified atom stereocenters. The Hall–Kier alpha value is -1.84. The summed E-state index contributed by atoms with van der Waals surface area (Å²) >= 11 is 0. The molecule has 0 saturated heterocycles. The molecule has 0 aromatic heterocycles. The molecule has 0 amide bonds. The van der Waals surface area contributed by atoms with Gasteiger partial charge in [0, 0.05) is 5.56 Å². The smallest absolute Gasteiger partial charge is 0.211 e. The molecule has 0 spiro atoms. The van der Waals surface area contributed by atoms with Crippen LogP contribution in [0.25, 0.3) is 0 Å². The average molecular weight is 204 g/mol. The van der Waals surface area contributed by atoms with Gasteiger partial charge in [-0.1, -0.05) is 23.8 Å². The van der Waals surface area contributed by atoms with Crippen molar-refractivity contribution >= 4 is 11.7 Å². The van der Waals surface area contributed by atoms with Gasteiger partial charge in [0.2, 0.25) is 5.96 Å². The van der Waals surface area contributed by atoms with Gasteiger partial charge >= 0.3 is 0 Å². The highest BCUT2D eigenvalue weighted by atomic mass is 15.3. The summed E-state index contributed by atoms with van der Waals surface area (Å²) in [5.41, 5.74) is 14.7. The minimum atomic E-state index is -0.0286. The first-order valence-corrected chi connectivity index (χ1v) is 4.71. The van der Waals surface area contributed by atoms with Crippen molar-refractivity contribution in [3.05, 3.63) is 34.9 Å². The quantitative estimate of drug-likeness (QED) is 0.433. The molecule has 80 valence electrons. The zero-order valence-corrected chi connectivity index (χ0v) is 9.28. The van der Waals surface area contributed by atoms with Crippen molar-refractivity contribution in [1.82, 2.24) is 0 Å². The molecule has 0 atom stereocenters. The Balaban J connectivity index is 3.06. The molecule has 4 N–H and O–H groups in total. The predicted octanol–water partition coefficient (Wildman–Crippen LogP) is 1.30. The Morgan fingerprint density at radius 3 is 2.33 bits per heavy atom. The van der Waals surface area contributed by atoms with Crippen molar-refractivity contribution < 1.29 is 0 Å². The number of benzene rings is 1. The van der Waals surface area contributed by atoms with Gasteiger partial charge in [0.1, 0.15) is 0 Å². The minimum Gasteiger partial charge on any atom is -0.369 e. The first kappa shape index (κ1) is 11.2. The van der Waals surface area contributed by atoms with E-state index in [1.165, 1.54) is 11.1 Å². The van der Waals surface area contributed by atoms with E-state index in [1.807, 2.05) is 26.0 Å². The standard InChI is InChI=1S/C11H16N4/c1-7-4-5-10(8(2)6-7)9(3)14-15-11(12)13/h4-6H,1-3H3,(H4,12,13,15). The fourth-order valence-corrected chi connectivity index (χ4v) is 1.41. The van der Waals surface area contributed by atoms with Crippen molar-refractivity contribution in [2.24, 2.45) is 21.7 Å². The number of hydrogen-bond acceptors (Lipinski definition) is 2. The number of aryl methyl sites for hydroxylation is 2. The summed E-state index contributed by atoms with van der Waals surface area (Å²) in [5.74, 6) is -0.0286. The lowest BCUT2D eigenvalue weighted by Crippen LogP contribution is -2.22. The molecule has 15 heavy (non-hydrogen) atoms. The highest BCUT2D eigenvalue weighted by molar-refractivity contribution is 6.00. The van der Waals surface area contributed by atoms with Crippen molar-refractivity contribution in [2.75, 3.05) is 0 Å². The van der Waals surface area contributed by atoms with Gasteiger partial charge in [0.25, 0.3) is 0 Å². The van der Waals surface area contributed by atoms with Crippen molar-refractivity contribution in [1.29, 1.82) is 0 Å². The van der Waals surface area contributed by atoms with Gasteiger partial charge in [-0.05, 0) is 26.3 Å². The first-order chi connectivity index (χ1) is 7.00. The normalized spacial score (nSPS) is 11.3. The van der Waals surface area contributed by atoms with Gasteiger partial charge in [-0.3, -0.25) is 0 Å². The van der Waals surface area contributed by atoms with Crippen molar-refractivity contribution in [3.8, 4) is 0 Å².